The Labute approximate surface area is 141 Å². The van der Waals surface area contributed by atoms with Crippen molar-refractivity contribution >= 4 is 51.0 Å². The van der Waals surface area contributed by atoms with E-state index in [-0.39, 0.29) is 0 Å². The molecule has 0 aliphatic carbocycles. The molecular weight excluding hydrogens is 423 g/mol. The van der Waals surface area contributed by atoms with Crippen molar-refractivity contribution in [3.05, 3.63) is 70.3 Å². The summed E-state index contributed by atoms with van der Waals surface area (Å²) in [4.78, 5) is 30.4. The van der Waals surface area contributed by atoms with Gasteiger partial charge in [0.15, 0.2) is 5.69 Å². The quantitative estimate of drug-likeness (QED) is 0.433. The monoisotopic (exact) mass is 430 g/mol. The van der Waals surface area contributed by atoms with E-state index < -0.39 is 37.5 Å². The number of non-ortho nitro benzene ring substituents is 1. The van der Waals surface area contributed by atoms with Gasteiger partial charge in [-0.05, 0) is 40.8 Å². The molecule has 0 heterocycles. The summed E-state index contributed by atoms with van der Waals surface area (Å²) >= 11 is 2.01. The Morgan fingerprint density at radius 3 is 1.87 bits per heavy atom. The van der Waals surface area contributed by atoms with Crippen LogP contribution in [-0.2, 0) is 0 Å². The zero-order valence-corrected chi connectivity index (χ0v) is 13.3. The van der Waals surface area contributed by atoms with Crippen LogP contribution < -0.4 is 5.32 Å². The van der Waals surface area contributed by atoms with Gasteiger partial charge in [-0.2, -0.15) is 0 Å². The summed E-state index contributed by atoms with van der Waals surface area (Å²) in [5, 5.41) is 35.7. The lowest BCUT2D eigenvalue weighted by Gasteiger charge is -2.08. The van der Waals surface area contributed by atoms with Crippen molar-refractivity contribution in [2.24, 2.45) is 0 Å². The minimum atomic E-state index is -0.921. The zero-order valence-electron chi connectivity index (χ0n) is 11.1. The first-order valence-electron chi connectivity index (χ1n) is 5.93. The fraction of sp³-hybridized carbons (Fsp3) is 0. The van der Waals surface area contributed by atoms with Crippen molar-refractivity contribution in [3.8, 4) is 0 Å². The number of rotatable bonds is 5. The van der Waals surface area contributed by atoms with Gasteiger partial charge in [0.25, 0.3) is 5.69 Å². The highest BCUT2D eigenvalue weighted by atomic mass is 127. The number of benzene rings is 2. The Morgan fingerprint density at radius 1 is 0.870 bits per heavy atom. The van der Waals surface area contributed by atoms with E-state index in [4.69, 9.17) is 0 Å². The number of hydrogen-bond donors (Lipinski definition) is 1. The standard InChI is InChI=1S/C12H7IN4O6/c13-7-2-1-3-8(4-7)14-12-10(16(20)21)5-9(15(18)19)6-11(12)17(22)23/h1-6,14H. The van der Waals surface area contributed by atoms with E-state index >= 15 is 0 Å². The summed E-state index contributed by atoms with van der Waals surface area (Å²) in [6.07, 6.45) is 0. The van der Waals surface area contributed by atoms with Gasteiger partial charge in [0, 0.05) is 9.26 Å². The largest absolute Gasteiger partial charge is 0.344 e. The zero-order chi connectivity index (χ0) is 17.1. The average molecular weight is 430 g/mol. The van der Waals surface area contributed by atoms with Gasteiger partial charge in [0.05, 0.1) is 26.9 Å². The lowest BCUT2D eigenvalue weighted by atomic mass is 10.2. The number of anilines is 2. The van der Waals surface area contributed by atoms with Gasteiger partial charge >= 0.3 is 11.4 Å². The summed E-state index contributed by atoms with van der Waals surface area (Å²) in [5.41, 5.74) is -2.24. The first kappa shape index (κ1) is 16.5. The molecule has 11 heteroatoms. The molecule has 10 nitrogen and oxygen atoms in total. The number of hydrogen-bond acceptors (Lipinski definition) is 7. The molecule has 2 aromatic carbocycles. The maximum atomic E-state index is 11.1. The lowest BCUT2D eigenvalue weighted by Crippen LogP contribution is -2.03. The van der Waals surface area contributed by atoms with E-state index in [1.54, 1.807) is 24.3 Å². The molecule has 0 saturated heterocycles. The van der Waals surface area contributed by atoms with Crippen LogP contribution in [0.25, 0.3) is 0 Å². The third kappa shape index (κ3) is 3.68. The first-order valence-corrected chi connectivity index (χ1v) is 7.01. The number of nitrogens with zero attached hydrogens (tertiary/aromatic N) is 3. The molecule has 1 N–H and O–H groups in total. The molecule has 0 unspecified atom stereocenters. The molecule has 0 bridgehead atoms. The Bertz CT molecular complexity index is 790. The van der Waals surface area contributed by atoms with Crippen LogP contribution >= 0.6 is 22.6 Å². The van der Waals surface area contributed by atoms with E-state index in [0.29, 0.717) is 17.8 Å². The predicted octanol–water partition coefficient (Wildman–Crippen LogP) is 3.76. The van der Waals surface area contributed by atoms with Crippen LogP contribution in [0, 0.1) is 33.9 Å². The van der Waals surface area contributed by atoms with E-state index in [9.17, 15) is 30.3 Å². The summed E-state index contributed by atoms with van der Waals surface area (Å²) < 4.78 is 0.805. The molecule has 0 radical (unpaired) electrons. The number of nitro benzene ring substituents is 3. The molecule has 2 rings (SSSR count). The second-order valence-corrected chi connectivity index (χ2v) is 5.51. The van der Waals surface area contributed by atoms with Crippen LogP contribution in [0.2, 0.25) is 0 Å². The van der Waals surface area contributed by atoms with Gasteiger partial charge < -0.3 is 5.32 Å². The molecule has 0 atom stereocenters. The highest BCUT2D eigenvalue weighted by Gasteiger charge is 2.30. The highest BCUT2D eigenvalue weighted by Crippen LogP contribution is 2.40. The maximum Gasteiger partial charge on any atom is 0.306 e. The summed E-state index contributed by atoms with van der Waals surface area (Å²) in [6.45, 7) is 0. The van der Waals surface area contributed by atoms with Gasteiger partial charge in [-0.3, -0.25) is 30.3 Å². The molecule has 0 amide bonds. The van der Waals surface area contributed by atoms with E-state index in [1.807, 2.05) is 22.6 Å². The van der Waals surface area contributed by atoms with Crippen molar-refractivity contribution in [1.29, 1.82) is 0 Å². The molecule has 0 aromatic heterocycles. The number of halogens is 1. The second kappa shape index (κ2) is 6.51. The molecule has 0 aliphatic rings. The lowest BCUT2D eigenvalue weighted by molar-refractivity contribution is -0.401. The van der Waals surface area contributed by atoms with E-state index in [2.05, 4.69) is 5.32 Å². The van der Waals surface area contributed by atoms with E-state index in [1.165, 1.54) is 0 Å². The highest BCUT2D eigenvalue weighted by molar-refractivity contribution is 14.1. The fourth-order valence-corrected chi connectivity index (χ4v) is 2.37. The van der Waals surface area contributed by atoms with Gasteiger partial charge in [0.1, 0.15) is 0 Å². The third-order valence-corrected chi connectivity index (χ3v) is 3.45. The van der Waals surface area contributed by atoms with Crippen molar-refractivity contribution in [2.75, 3.05) is 5.32 Å². The molecule has 0 saturated carbocycles. The van der Waals surface area contributed by atoms with Crippen molar-refractivity contribution < 1.29 is 14.8 Å². The topological polar surface area (TPSA) is 141 Å². The molecule has 2 aromatic rings. The van der Waals surface area contributed by atoms with Crippen molar-refractivity contribution in [1.82, 2.24) is 0 Å². The van der Waals surface area contributed by atoms with Gasteiger partial charge in [-0.25, -0.2) is 0 Å². The van der Waals surface area contributed by atoms with Crippen LogP contribution in [0.5, 0.6) is 0 Å². The summed E-state index contributed by atoms with van der Waals surface area (Å²) in [5.74, 6) is 0. The Kier molecular flexibility index (Phi) is 4.68. The van der Waals surface area contributed by atoms with Crippen LogP contribution in [-0.4, -0.2) is 14.8 Å². The molecule has 0 spiro atoms. The average Bonchev–Trinajstić information content (AvgIpc) is 2.46. The molecular formula is C12H7IN4O6. The van der Waals surface area contributed by atoms with Crippen LogP contribution in [0.4, 0.5) is 28.4 Å². The predicted molar refractivity (Wildman–Crippen MR) is 88.8 cm³/mol. The number of nitro groups is 3. The Hall–Kier alpha value is -2.83. The molecule has 0 aliphatic heterocycles. The van der Waals surface area contributed by atoms with Gasteiger partial charge in [0.2, 0.25) is 0 Å². The normalized spacial score (nSPS) is 10.1. The summed E-state index contributed by atoms with van der Waals surface area (Å²) in [7, 11) is 0. The Balaban J connectivity index is 2.66. The van der Waals surface area contributed by atoms with Crippen LogP contribution in [0.15, 0.2) is 36.4 Å². The van der Waals surface area contributed by atoms with Crippen LogP contribution in [0.3, 0.4) is 0 Å². The van der Waals surface area contributed by atoms with Gasteiger partial charge in [-0.1, -0.05) is 6.07 Å². The summed E-state index contributed by atoms with van der Waals surface area (Å²) in [6, 6.07) is 7.98. The minimum Gasteiger partial charge on any atom is -0.344 e. The van der Waals surface area contributed by atoms with Crippen molar-refractivity contribution in [3.63, 3.8) is 0 Å². The van der Waals surface area contributed by atoms with E-state index in [0.717, 1.165) is 3.57 Å². The van der Waals surface area contributed by atoms with Gasteiger partial charge in [-0.15, -0.1) is 0 Å². The SMILES string of the molecule is O=[N+]([O-])c1cc([N+](=O)[O-])c(Nc2cccc(I)c2)c([N+](=O)[O-])c1. The Morgan fingerprint density at radius 2 is 1.43 bits per heavy atom. The molecule has 0 fully saturated rings. The van der Waals surface area contributed by atoms with Crippen molar-refractivity contribution in [2.45, 2.75) is 0 Å². The maximum absolute atomic E-state index is 11.1. The van der Waals surface area contributed by atoms with Crippen LogP contribution in [0.1, 0.15) is 0 Å². The molecule has 118 valence electrons. The number of nitrogens with one attached hydrogen (secondary N) is 1. The fourth-order valence-electron chi connectivity index (χ4n) is 1.83. The smallest absolute Gasteiger partial charge is 0.306 e. The third-order valence-electron chi connectivity index (χ3n) is 2.78. The minimum absolute atomic E-state index is 0.386. The molecule has 23 heavy (non-hydrogen) atoms. The second-order valence-electron chi connectivity index (χ2n) is 4.27. The first-order chi connectivity index (χ1) is 10.8.